The molecule has 24 heavy (non-hydrogen) atoms. The van der Waals surface area contributed by atoms with E-state index in [0.29, 0.717) is 10.6 Å². The molecule has 126 valence electrons. The highest BCUT2D eigenvalue weighted by atomic mass is 35.5. The van der Waals surface area contributed by atoms with Gasteiger partial charge in [0.25, 0.3) is 5.91 Å². The van der Waals surface area contributed by atoms with Crippen molar-refractivity contribution in [1.29, 1.82) is 0 Å². The van der Waals surface area contributed by atoms with Crippen LogP contribution < -0.4 is 0 Å². The minimum atomic E-state index is -3.59. The molecule has 1 heterocycles. The Morgan fingerprint density at radius 3 is 2.25 bits per heavy atom. The van der Waals surface area contributed by atoms with Gasteiger partial charge in [0.1, 0.15) is 11.1 Å². The number of hydrogen-bond acceptors (Lipinski definition) is 3. The second-order valence-electron chi connectivity index (χ2n) is 5.46. The molecule has 0 unspecified atom stereocenters. The third-order valence-corrected chi connectivity index (χ3v) is 6.73. The average molecular weight is 388 g/mol. The first-order valence-corrected chi connectivity index (χ1v) is 9.33. The summed E-state index contributed by atoms with van der Waals surface area (Å²) in [5.41, 5.74) is 0.349. The lowest BCUT2D eigenvalue weighted by Crippen LogP contribution is -2.56. The van der Waals surface area contributed by atoms with E-state index in [9.17, 15) is 17.6 Å². The molecule has 1 saturated heterocycles. The zero-order chi connectivity index (χ0) is 17.5. The minimum absolute atomic E-state index is 0.0514. The summed E-state index contributed by atoms with van der Waals surface area (Å²) in [6, 6.07) is 9.17. The van der Waals surface area contributed by atoms with Gasteiger partial charge in [0.2, 0.25) is 0 Å². The van der Waals surface area contributed by atoms with Crippen LogP contribution in [0, 0.1) is 5.82 Å². The summed E-state index contributed by atoms with van der Waals surface area (Å²) in [7, 11) is -3.59. The summed E-state index contributed by atoms with van der Waals surface area (Å²) < 4.78 is 37.8. The third kappa shape index (κ3) is 3.14. The van der Waals surface area contributed by atoms with Crippen LogP contribution in [0.5, 0.6) is 0 Å². The molecule has 1 aliphatic rings. The second-order valence-corrected chi connectivity index (χ2v) is 8.50. The van der Waals surface area contributed by atoms with Gasteiger partial charge < -0.3 is 4.90 Å². The highest BCUT2D eigenvalue weighted by Gasteiger charge is 2.40. The molecule has 0 bridgehead atoms. The summed E-state index contributed by atoms with van der Waals surface area (Å²) in [5, 5.41) is -0.0956. The Kier molecular flexibility index (Phi) is 4.55. The molecule has 0 aliphatic carbocycles. The fourth-order valence-corrected chi connectivity index (χ4v) is 4.38. The quantitative estimate of drug-likeness (QED) is 0.758. The standard InChI is InChI=1S/C16H12Cl2FNO3S/c17-14-6-1-10(7-15(14)18)16(21)20-8-13(9-20)24(22,23)12-4-2-11(19)3-5-12/h1-7,13H,8-9H2. The number of halogens is 3. The summed E-state index contributed by atoms with van der Waals surface area (Å²) in [6.07, 6.45) is 0. The number of hydrogen-bond donors (Lipinski definition) is 0. The van der Waals surface area contributed by atoms with E-state index in [4.69, 9.17) is 23.2 Å². The molecule has 0 atom stereocenters. The second kappa shape index (κ2) is 6.35. The Morgan fingerprint density at radius 2 is 1.67 bits per heavy atom. The normalized spacial score (nSPS) is 15.2. The number of carbonyl (C=O) groups is 1. The summed E-state index contributed by atoms with van der Waals surface area (Å²) in [6.45, 7) is 0.164. The average Bonchev–Trinajstić information content (AvgIpc) is 2.48. The molecule has 4 nitrogen and oxygen atoms in total. The first-order valence-electron chi connectivity index (χ1n) is 7.03. The van der Waals surface area contributed by atoms with Crippen molar-refractivity contribution in [1.82, 2.24) is 4.90 Å². The lowest BCUT2D eigenvalue weighted by atomic mass is 10.1. The Balaban J connectivity index is 1.71. The van der Waals surface area contributed by atoms with E-state index in [2.05, 4.69) is 0 Å². The van der Waals surface area contributed by atoms with Crippen LogP contribution in [0.3, 0.4) is 0 Å². The van der Waals surface area contributed by atoms with Crippen LogP contribution in [-0.2, 0) is 9.84 Å². The molecule has 0 N–H and O–H groups in total. The van der Waals surface area contributed by atoms with Crippen molar-refractivity contribution in [2.75, 3.05) is 13.1 Å². The molecule has 1 aliphatic heterocycles. The van der Waals surface area contributed by atoms with Crippen molar-refractivity contribution < 1.29 is 17.6 Å². The van der Waals surface area contributed by atoms with E-state index < -0.39 is 20.9 Å². The first-order chi connectivity index (χ1) is 11.3. The van der Waals surface area contributed by atoms with Crippen LogP contribution in [0.15, 0.2) is 47.4 Å². The first kappa shape index (κ1) is 17.2. The van der Waals surface area contributed by atoms with Gasteiger partial charge in [-0.15, -0.1) is 0 Å². The van der Waals surface area contributed by atoms with Crippen molar-refractivity contribution >= 4 is 38.9 Å². The van der Waals surface area contributed by atoms with Gasteiger partial charge in [-0.25, -0.2) is 12.8 Å². The van der Waals surface area contributed by atoms with Gasteiger partial charge in [0.05, 0.1) is 14.9 Å². The van der Waals surface area contributed by atoms with Gasteiger partial charge in [-0.2, -0.15) is 0 Å². The third-order valence-electron chi connectivity index (χ3n) is 3.88. The maximum absolute atomic E-state index is 12.9. The fraction of sp³-hybridized carbons (Fsp3) is 0.188. The minimum Gasteiger partial charge on any atom is -0.336 e. The number of sulfone groups is 1. The number of benzene rings is 2. The lowest BCUT2D eigenvalue weighted by molar-refractivity contribution is 0.0659. The molecular formula is C16H12Cl2FNO3S. The molecule has 2 aromatic carbocycles. The number of rotatable bonds is 3. The van der Waals surface area contributed by atoms with Crippen molar-refractivity contribution in [3.63, 3.8) is 0 Å². The Labute approximate surface area is 148 Å². The van der Waals surface area contributed by atoms with Gasteiger partial charge in [-0.1, -0.05) is 23.2 Å². The summed E-state index contributed by atoms with van der Waals surface area (Å²) >= 11 is 11.7. The van der Waals surface area contributed by atoms with E-state index in [1.54, 1.807) is 6.07 Å². The number of carbonyl (C=O) groups excluding carboxylic acids is 1. The summed E-state index contributed by atoms with van der Waals surface area (Å²) in [4.78, 5) is 13.8. The summed E-state index contributed by atoms with van der Waals surface area (Å²) in [5.74, 6) is -0.807. The van der Waals surface area contributed by atoms with Crippen LogP contribution in [0.25, 0.3) is 0 Å². The Hall–Kier alpha value is -1.63. The van der Waals surface area contributed by atoms with E-state index in [0.717, 1.165) is 12.1 Å². The van der Waals surface area contributed by atoms with E-state index in [1.165, 1.54) is 29.2 Å². The van der Waals surface area contributed by atoms with Crippen molar-refractivity contribution in [3.05, 3.63) is 63.9 Å². The van der Waals surface area contributed by atoms with Gasteiger partial charge in [0, 0.05) is 18.7 Å². The predicted octanol–water partition coefficient (Wildman–Crippen LogP) is 3.43. The van der Waals surface area contributed by atoms with Crippen LogP contribution in [0.1, 0.15) is 10.4 Å². The highest BCUT2D eigenvalue weighted by Crippen LogP contribution is 2.27. The van der Waals surface area contributed by atoms with Gasteiger partial charge >= 0.3 is 0 Å². The van der Waals surface area contributed by atoms with Crippen molar-refractivity contribution in [2.45, 2.75) is 10.1 Å². The molecule has 0 aromatic heterocycles. The van der Waals surface area contributed by atoms with Gasteiger partial charge in [-0.3, -0.25) is 4.79 Å². The largest absolute Gasteiger partial charge is 0.336 e. The highest BCUT2D eigenvalue weighted by molar-refractivity contribution is 7.92. The van der Waals surface area contributed by atoms with E-state index in [1.807, 2.05) is 0 Å². The van der Waals surface area contributed by atoms with Gasteiger partial charge in [-0.05, 0) is 42.5 Å². The van der Waals surface area contributed by atoms with Crippen LogP contribution in [0.4, 0.5) is 4.39 Å². The van der Waals surface area contributed by atoms with Gasteiger partial charge in [0.15, 0.2) is 9.84 Å². The maximum atomic E-state index is 12.9. The molecule has 0 saturated carbocycles. The van der Waals surface area contributed by atoms with Crippen molar-refractivity contribution in [3.8, 4) is 0 Å². The predicted molar refractivity (Wildman–Crippen MR) is 89.7 cm³/mol. The van der Waals surface area contributed by atoms with E-state index >= 15 is 0 Å². The molecule has 1 amide bonds. The molecule has 2 aromatic rings. The maximum Gasteiger partial charge on any atom is 0.253 e. The molecular weight excluding hydrogens is 376 g/mol. The topological polar surface area (TPSA) is 54.5 Å². The molecule has 0 radical (unpaired) electrons. The fourth-order valence-electron chi connectivity index (χ4n) is 2.43. The van der Waals surface area contributed by atoms with E-state index in [-0.39, 0.29) is 28.9 Å². The monoisotopic (exact) mass is 387 g/mol. The number of amides is 1. The molecule has 8 heteroatoms. The molecule has 3 rings (SSSR count). The molecule has 1 fully saturated rings. The number of nitrogens with zero attached hydrogens (tertiary/aromatic N) is 1. The zero-order valence-corrected chi connectivity index (χ0v) is 14.6. The molecule has 0 spiro atoms. The number of likely N-dealkylation sites (tertiary alicyclic amines) is 1. The zero-order valence-electron chi connectivity index (χ0n) is 12.2. The Morgan fingerprint density at radius 1 is 1.04 bits per heavy atom. The lowest BCUT2D eigenvalue weighted by Gasteiger charge is -2.38. The Bertz CT molecular complexity index is 894. The smallest absolute Gasteiger partial charge is 0.253 e. The van der Waals surface area contributed by atoms with Crippen molar-refractivity contribution in [2.24, 2.45) is 0 Å². The van der Waals surface area contributed by atoms with Crippen LogP contribution in [0.2, 0.25) is 10.0 Å². The van der Waals surface area contributed by atoms with Crippen LogP contribution >= 0.6 is 23.2 Å². The van der Waals surface area contributed by atoms with Crippen LogP contribution in [-0.4, -0.2) is 37.6 Å². The SMILES string of the molecule is O=C(c1ccc(Cl)c(Cl)c1)N1CC(S(=O)(=O)c2ccc(F)cc2)C1.